The summed E-state index contributed by atoms with van der Waals surface area (Å²) in [6, 6.07) is 1.44. The molecule has 1 N–H and O–H groups in total. The molecule has 1 aliphatic rings. The van der Waals surface area contributed by atoms with Gasteiger partial charge in [-0.3, -0.25) is 0 Å². The Morgan fingerprint density at radius 2 is 1.87 bits per heavy atom. The monoisotopic (exact) mass is 213 g/mol. The van der Waals surface area contributed by atoms with E-state index in [9.17, 15) is 0 Å². The molecule has 2 heteroatoms. The van der Waals surface area contributed by atoms with E-state index in [0.29, 0.717) is 12.1 Å². The van der Waals surface area contributed by atoms with Gasteiger partial charge in [0.2, 0.25) is 0 Å². The summed E-state index contributed by atoms with van der Waals surface area (Å²) >= 11 is 0. The van der Waals surface area contributed by atoms with Gasteiger partial charge in [0.15, 0.2) is 0 Å². The van der Waals surface area contributed by atoms with E-state index in [1.807, 2.05) is 7.11 Å². The highest BCUT2D eigenvalue weighted by Crippen LogP contribution is 2.22. The first-order valence-corrected chi connectivity index (χ1v) is 6.59. The lowest BCUT2D eigenvalue weighted by Gasteiger charge is -2.22. The Kier molecular flexibility index (Phi) is 6.26. The number of nitrogens with one attached hydrogen (secondary N) is 1. The van der Waals surface area contributed by atoms with Crippen LogP contribution in [0.2, 0.25) is 0 Å². The second-order valence-electron chi connectivity index (χ2n) is 4.81. The predicted octanol–water partition coefficient (Wildman–Crippen LogP) is 3.11. The van der Waals surface area contributed by atoms with Crippen molar-refractivity contribution in [2.45, 2.75) is 77.0 Å². The topological polar surface area (TPSA) is 21.3 Å². The first-order chi connectivity index (χ1) is 7.30. The van der Waals surface area contributed by atoms with E-state index in [0.717, 1.165) is 6.04 Å². The fraction of sp³-hybridized carbons (Fsp3) is 1.00. The van der Waals surface area contributed by atoms with Crippen LogP contribution >= 0.6 is 0 Å². The molecule has 0 amide bonds. The van der Waals surface area contributed by atoms with E-state index < -0.39 is 0 Å². The largest absolute Gasteiger partial charge is 0.381 e. The molecule has 2 unspecified atom stereocenters. The van der Waals surface area contributed by atoms with E-state index in [4.69, 9.17) is 4.74 Å². The summed E-state index contributed by atoms with van der Waals surface area (Å²) in [6.45, 7) is 4.55. The van der Waals surface area contributed by atoms with E-state index >= 15 is 0 Å². The van der Waals surface area contributed by atoms with Gasteiger partial charge in [-0.15, -0.1) is 0 Å². The third kappa shape index (κ3) is 4.52. The van der Waals surface area contributed by atoms with Gasteiger partial charge in [0, 0.05) is 19.2 Å². The summed E-state index contributed by atoms with van der Waals surface area (Å²) in [6.07, 6.45) is 9.47. The zero-order chi connectivity index (χ0) is 11.1. The molecule has 1 fully saturated rings. The molecule has 0 aromatic heterocycles. The molecule has 0 bridgehead atoms. The minimum Gasteiger partial charge on any atom is -0.381 e. The van der Waals surface area contributed by atoms with Crippen molar-refractivity contribution in [1.82, 2.24) is 5.32 Å². The van der Waals surface area contributed by atoms with Crippen molar-refractivity contribution in [3.63, 3.8) is 0 Å². The van der Waals surface area contributed by atoms with Crippen LogP contribution in [-0.2, 0) is 4.74 Å². The molecule has 15 heavy (non-hydrogen) atoms. The Morgan fingerprint density at radius 1 is 1.20 bits per heavy atom. The maximum atomic E-state index is 5.40. The lowest BCUT2D eigenvalue weighted by Crippen LogP contribution is -2.37. The van der Waals surface area contributed by atoms with Gasteiger partial charge in [-0.1, -0.05) is 26.7 Å². The molecular weight excluding hydrogens is 186 g/mol. The number of ether oxygens (including phenoxy) is 1. The zero-order valence-electron chi connectivity index (χ0n) is 10.6. The molecule has 0 aromatic rings. The van der Waals surface area contributed by atoms with Crippen LogP contribution in [0.5, 0.6) is 0 Å². The Balaban J connectivity index is 2.25. The van der Waals surface area contributed by atoms with Crippen molar-refractivity contribution in [3.05, 3.63) is 0 Å². The molecule has 0 radical (unpaired) electrons. The molecule has 2 atom stereocenters. The van der Waals surface area contributed by atoms with Crippen LogP contribution in [0.1, 0.15) is 58.8 Å². The average Bonchev–Trinajstić information content (AvgIpc) is 2.66. The molecule has 0 heterocycles. The summed E-state index contributed by atoms with van der Waals surface area (Å²) in [5.74, 6) is 0. The maximum Gasteiger partial charge on any atom is 0.0586 e. The summed E-state index contributed by atoms with van der Waals surface area (Å²) in [5, 5.41) is 3.80. The fourth-order valence-electron chi connectivity index (χ4n) is 2.65. The van der Waals surface area contributed by atoms with Gasteiger partial charge in [-0.2, -0.15) is 0 Å². The van der Waals surface area contributed by atoms with Crippen LogP contribution in [0.3, 0.4) is 0 Å². The molecule has 90 valence electrons. The fourth-order valence-corrected chi connectivity index (χ4v) is 2.65. The molecule has 0 spiro atoms. The van der Waals surface area contributed by atoms with Crippen LogP contribution < -0.4 is 5.32 Å². The van der Waals surface area contributed by atoms with Gasteiger partial charge >= 0.3 is 0 Å². The average molecular weight is 213 g/mol. The SMILES string of the molecule is CCCC(CCC)NC1CCC(OC)C1. The van der Waals surface area contributed by atoms with Gasteiger partial charge < -0.3 is 10.1 Å². The summed E-state index contributed by atoms with van der Waals surface area (Å²) in [5.41, 5.74) is 0. The Hall–Kier alpha value is -0.0800. The van der Waals surface area contributed by atoms with Crippen molar-refractivity contribution in [2.24, 2.45) is 0 Å². The number of hydrogen-bond acceptors (Lipinski definition) is 2. The predicted molar refractivity (Wildman–Crippen MR) is 65.2 cm³/mol. The van der Waals surface area contributed by atoms with Gasteiger partial charge in [-0.05, 0) is 32.1 Å². The standard InChI is InChI=1S/C13H27NO/c1-4-6-11(7-5-2)14-12-8-9-13(10-12)15-3/h11-14H,4-10H2,1-3H3. The number of hydrogen-bond donors (Lipinski definition) is 1. The Bertz CT molecular complexity index is 155. The van der Waals surface area contributed by atoms with Crippen LogP contribution in [0.4, 0.5) is 0 Å². The highest BCUT2D eigenvalue weighted by atomic mass is 16.5. The normalized spacial score (nSPS) is 26.4. The molecule has 0 aromatic carbocycles. The number of rotatable bonds is 7. The van der Waals surface area contributed by atoms with Crippen molar-refractivity contribution in [1.29, 1.82) is 0 Å². The van der Waals surface area contributed by atoms with Gasteiger partial charge in [-0.25, -0.2) is 0 Å². The van der Waals surface area contributed by atoms with Crippen LogP contribution in [-0.4, -0.2) is 25.3 Å². The maximum absolute atomic E-state index is 5.40. The molecule has 2 nitrogen and oxygen atoms in total. The smallest absolute Gasteiger partial charge is 0.0586 e. The van der Waals surface area contributed by atoms with Crippen molar-refractivity contribution >= 4 is 0 Å². The molecule has 1 saturated carbocycles. The van der Waals surface area contributed by atoms with Gasteiger partial charge in [0.05, 0.1) is 6.10 Å². The molecule has 1 rings (SSSR count). The summed E-state index contributed by atoms with van der Waals surface area (Å²) < 4.78 is 5.40. The second-order valence-corrected chi connectivity index (χ2v) is 4.81. The zero-order valence-corrected chi connectivity index (χ0v) is 10.6. The van der Waals surface area contributed by atoms with Crippen LogP contribution in [0.15, 0.2) is 0 Å². The van der Waals surface area contributed by atoms with Crippen LogP contribution in [0.25, 0.3) is 0 Å². The highest BCUT2D eigenvalue weighted by Gasteiger charge is 2.25. The third-order valence-corrected chi connectivity index (χ3v) is 3.46. The minimum atomic E-state index is 0.506. The Morgan fingerprint density at radius 3 is 2.33 bits per heavy atom. The van der Waals surface area contributed by atoms with Gasteiger partial charge in [0.25, 0.3) is 0 Å². The highest BCUT2D eigenvalue weighted by molar-refractivity contribution is 4.83. The van der Waals surface area contributed by atoms with Crippen molar-refractivity contribution in [3.8, 4) is 0 Å². The minimum absolute atomic E-state index is 0.506. The van der Waals surface area contributed by atoms with E-state index in [1.54, 1.807) is 0 Å². The summed E-state index contributed by atoms with van der Waals surface area (Å²) in [4.78, 5) is 0. The second kappa shape index (κ2) is 7.24. The van der Waals surface area contributed by atoms with Crippen molar-refractivity contribution < 1.29 is 4.74 Å². The first kappa shape index (κ1) is 13.0. The van der Waals surface area contributed by atoms with Crippen LogP contribution in [0, 0.1) is 0 Å². The Labute approximate surface area is 94.8 Å². The van der Waals surface area contributed by atoms with Gasteiger partial charge in [0.1, 0.15) is 0 Å². The lowest BCUT2D eigenvalue weighted by atomic mass is 10.1. The third-order valence-electron chi connectivity index (χ3n) is 3.46. The lowest BCUT2D eigenvalue weighted by molar-refractivity contribution is 0.106. The van der Waals surface area contributed by atoms with Crippen molar-refractivity contribution in [2.75, 3.05) is 7.11 Å². The molecule has 0 aliphatic heterocycles. The molecule has 0 saturated heterocycles. The quantitative estimate of drug-likeness (QED) is 0.701. The van der Waals surface area contributed by atoms with E-state index in [-0.39, 0.29) is 0 Å². The molecule has 1 aliphatic carbocycles. The number of methoxy groups -OCH3 is 1. The molecular formula is C13H27NO. The van der Waals surface area contributed by atoms with E-state index in [2.05, 4.69) is 19.2 Å². The van der Waals surface area contributed by atoms with E-state index in [1.165, 1.54) is 44.9 Å². The first-order valence-electron chi connectivity index (χ1n) is 6.59. The summed E-state index contributed by atoms with van der Waals surface area (Å²) in [7, 11) is 1.84.